The molecule has 1 N–H and O–H groups in total. The molecule has 1 saturated carbocycles. The van der Waals surface area contributed by atoms with Gasteiger partial charge in [0.15, 0.2) is 5.03 Å². The van der Waals surface area contributed by atoms with E-state index in [4.69, 9.17) is 0 Å². The summed E-state index contributed by atoms with van der Waals surface area (Å²) in [6.45, 7) is 4.18. The largest absolute Gasteiger partial charge is 0.339 e. The van der Waals surface area contributed by atoms with Gasteiger partial charge < -0.3 is 4.57 Å². The third-order valence-corrected chi connectivity index (χ3v) is 4.76. The molecule has 19 heavy (non-hydrogen) atoms. The molecule has 0 aromatic carbocycles. The van der Waals surface area contributed by atoms with Crippen LogP contribution < -0.4 is 4.72 Å². The fraction of sp³-hybridized carbons (Fsp3) is 0.667. The lowest BCUT2D eigenvalue weighted by molar-refractivity contribution is -0.123. The minimum Gasteiger partial charge on any atom is -0.339 e. The molecule has 0 radical (unpaired) electrons. The van der Waals surface area contributed by atoms with Crippen molar-refractivity contribution in [3.63, 3.8) is 0 Å². The molecule has 1 fully saturated rings. The number of carbonyl (C=O) groups is 1. The number of sulfonamides is 1. The normalized spacial score (nSPS) is 22.4. The summed E-state index contributed by atoms with van der Waals surface area (Å²) in [5.74, 6) is -0.648. The molecule has 0 saturated heterocycles. The first-order valence-electron chi connectivity index (χ1n) is 6.24. The maximum absolute atomic E-state index is 12.0. The third kappa shape index (κ3) is 3.15. The van der Waals surface area contributed by atoms with E-state index in [2.05, 4.69) is 23.6 Å². The molecule has 1 aromatic rings. The molecule has 1 unspecified atom stereocenters. The highest BCUT2D eigenvalue weighted by molar-refractivity contribution is 7.90. The summed E-state index contributed by atoms with van der Waals surface area (Å²) in [4.78, 5) is 15.8. The molecule has 1 aliphatic carbocycles. The molecule has 1 heterocycles. The van der Waals surface area contributed by atoms with Crippen LogP contribution in [0.3, 0.4) is 0 Å². The number of amides is 1. The van der Waals surface area contributed by atoms with E-state index in [1.807, 2.05) is 0 Å². The average molecular weight is 285 g/mol. The van der Waals surface area contributed by atoms with Crippen molar-refractivity contribution in [2.75, 3.05) is 0 Å². The lowest BCUT2D eigenvalue weighted by Crippen LogP contribution is -2.35. The van der Waals surface area contributed by atoms with Crippen molar-refractivity contribution in [3.8, 4) is 0 Å². The van der Waals surface area contributed by atoms with Gasteiger partial charge in [0.2, 0.25) is 5.91 Å². The van der Waals surface area contributed by atoms with E-state index in [-0.39, 0.29) is 16.4 Å². The summed E-state index contributed by atoms with van der Waals surface area (Å²) in [7, 11) is -2.17. The van der Waals surface area contributed by atoms with Crippen LogP contribution in [0.15, 0.2) is 17.6 Å². The van der Waals surface area contributed by atoms with Crippen molar-refractivity contribution in [2.45, 2.75) is 38.1 Å². The maximum atomic E-state index is 12.0. The highest BCUT2D eigenvalue weighted by Crippen LogP contribution is 2.40. The molecule has 0 bridgehead atoms. The van der Waals surface area contributed by atoms with E-state index in [1.165, 1.54) is 17.1 Å². The summed E-state index contributed by atoms with van der Waals surface area (Å²) in [6, 6.07) is 0. The Morgan fingerprint density at radius 1 is 1.53 bits per heavy atom. The molecular formula is C12H19N3O3S. The van der Waals surface area contributed by atoms with Crippen LogP contribution in [0.1, 0.15) is 33.1 Å². The number of nitrogens with one attached hydrogen (secondary N) is 1. The van der Waals surface area contributed by atoms with Gasteiger partial charge >= 0.3 is 0 Å². The second-order valence-electron chi connectivity index (χ2n) is 5.95. The van der Waals surface area contributed by atoms with Crippen molar-refractivity contribution in [2.24, 2.45) is 18.4 Å². The van der Waals surface area contributed by atoms with Gasteiger partial charge in [0, 0.05) is 19.2 Å². The van der Waals surface area contributed by atoms with Gasteiger partial charge in [0.1, 0.15) is 0 Å². The van der Waals surface area contributed by atoms with Gasteiger partial charge in [-0.3, -0.25) is 4.79 Å². The number of aryl methyl sites for hydroxylation is 1. The molecular weight excluding hydrogens is 266 g/mol. The Balaban J connectivity index is 2.07. The number of aromatic nitrogens is 2. The number of carbonyl (C=O) groups excluding carboxylic acids is 1. The lowest BCUT2D eigenvalue weighted by Gasteiger charge is -2.16. The molecule has 2 rings (SSSR count). The Morgan fingerprint density at radius 3 is 2.68 bits per heavy atom. The zero-order valence-electron chi connectivity index (χ0n) is 11.4. The zero-order chi connectivity index (χ0) is 14.3. The highest BCUT2D eigenvalue weighted by Gasteiger charge is 2.36. The molecule has 1 aliphatic rings. The van der Waals surface area contributed by atoms with E-state index in [0.717, 1.165) is 19.3 Å². The standard InChI is InChI=1S/C12H19N3O3S/c1-12(2)5-4-9(6-12)11(16)14-19(17,18)10-7-15(3)8-13-10/h7-9H,4-6H2,1-3H3,(H,14,16). The zero-order valence-corrected chi connectivity index (χ0v) is 12.2. The molecule has 1 aromatic heterocycles. The number of hydrogen-bond acceptors (Lipinski definition) is 4. The van der Waals surface area contributed by atoms with Crippen molar-refractivity contribution < 1.29 is 13.2 Å². The fourth-order valence-electron chi connectivity index (χ4n) is 2.46. The van der Waals surface area contributed by atoms with Crippen LogP contribution in [0.4, 0.5) is 0 Å². The third-order valence-electron chi connectivity index (χ3n) is 3.53. The van der Waals surface area contributed by atoms with E-state index in [9.17, 15) is 13.2 Å². The SMILES string of the molecule is Cn1cnc(S(=O)(=O)NC(=O)C2CCC(C)(C)C2)c1. The number of nitrogens with zero attached hydrogens (tertiary/aromatic N) is 2. The van der Waals surface area contributed by atoms with Gasteiger partial charge in [-0.25, -0.2) is 9.71 Å². The van der Waals surface area contributed by atoms with Gasteiger partial charge in [-0.15, -0.1) is 0 Å². The Bertz CT molecular complexity index is 589. The molecule has 106 valence electrons. The number of hydrogen-bond donors (Lipinski definition) is 1. The second kappa shape index (κ2) is 4.63. The van der Waals surface area contributed by atoms with Crippen LogP contribution in [-0.4, -0.2) is 23.9 Å². The smallest absolute Gasteiger partial charge is 0.283 e. The molecule has 1 amide bonds. The Morgan fingerprint density at radius 2 is 2.21 bits per heavy atom. The summed E-state index contributed by atoms with van der Waals surface area (Å²) in [6.07, 6.45) is 5.15. The highest BCUT2D eigenvalue weighted by atomic mass is 32.2. The molecule has 6 nitrogen and oxygen atoms in total. The predicted octanol–water partition coefficient (Wildman–Crippen LogP) is 1.05. The minimum absolute atomic E-state index is 0.108. The summed E-state index contributed by atoms with van der Waals surface area (Å²) in [5.41, 5.74) is 0.108. The molecule has 7 heteroatoms. The van der Waals surface area contributed by atoms with Gasteiger partial charge in [-0.1, -0.05) is 13.8 Å². The Kier molecular flexibility index (Phi) is 3.42. The van der Waals surface area contributed by atoms with Crippen molar-refractivity contribution in [3.05, 3.63) is 12.5 Å². The van der Waals surface area contributed by atoms with E-state index in [0.29, 0.717) is 0 Å². The Hall–Kier alpha value is -1.37. The van der Waals surface area contributed by atoms with Crippen LogP contribution in [0.25, 0.3) is 0 Å². The van der Waals surface area contributed by atoms with Crippen LogP contribution in [0, 0.1) is 11.3 Å². The fourth-order valence-corrected chi connectivity index (χ4v) is 3.48. The molecule has 1 atom stereocenters. The maximum Gasteiger partial charge on any atom is 0.283 e. The predicted molar refractivity (Wildman–Crippen MR) is 69.7 cm³/mol. The van der Waals surface area contributed by atoms with Crippen molar-refractivity contribution in [1.82, 2.24) is 14.3 Å². The summed E-state index contributed by atoms with van der Waals surface area (Å²) in [5, 5.41) is -0.124. The Labute approximate surface area is 113 Å². The molecule has 0 aliphatic heterocycles. The number of rotatable bonds is 3. The van der Waals surface area contributed by atoms with Crippen molar-refractivity contribution >= 4 is 15.9 Å². The van der Waals surface area contributed by atoms with Crippen LogP contribution in [0.2, 0.25) is 0 Å². The van der Waals surface area contributed by atoms with E-state index in [1.54, 1.807) is 7.05 Å². The van der Waals surface area contributed by atoms with Crippen LogP contribution in [-0.2, 0) is 21.9 Å². The average Bonchev–Trinajstić information content (AvgIpc) is 2.84. The molecule has 0 spiro atoms. The van der Waals surface area contributed by atoms with Crippen LogP contribution >= 0.6 is 0 Å². The lowest BCUT2D eigenvalue weighted by atomic mass is 9.90. The first-order chi connectivity index (χ1) is 8.70. The first kappa shape index (κ1) is 14.0. The van der Waals surface area contributed by atoms with E-state index >= 15 is 0 Å². The van der Waals surface area contributed by atoms with Gasteiger partial charge in [-0.2, -0.15) is 8.42 Å². The minimum atomic E-state index is -3.84. The summed E-state index contributed by atoms with van der Waals surface area (Å²) < 4.78 is 27.6. The quantitative estimate of drug-likeness (QED) is 0.900. The topological polar surface area (TPSA) is 81.1 Å². The first-order valence-corrected chi connectivity index (χ1v) is 7.73. The van der Waals surface area contributed by atoms with E-state index < -0.39 is 15.9 Å². The van der Waals surface area contributed by atoms with Gasteiger partial charge in [-0.05, 0) is 24.7 Å². The van der Waals surface area contributed by atoms with Gasteiger partial charge in [0.25, 0.3) is 10.0 Å². The van der Waals surface area contributed by atoms with Gasteiger partial charge in [0.05, 0.1) is 6.33 Å². The second-order valence-corrected chi connectivity index (χ2v) is 7.58. The summed E-state index contributed by atoms with van der Waals surface area (Å²) >= 11 is 0. The number of imidazole rings is 1. The van der Waals surface area contributed by atoms with Crippen molar-refractivity contribution in [1.29, 1.82) is 0 Å². The monoisotopic (exact) mass is 285 g/mol. The van der Waals surface area contributed by atoms with Crippen LogP contribution in [0.5, 0.6) is 0 Å².